The van der Waals surface area contributed by atoms with Gasteiger partial charge in [-0.05, 0) is 43.5 Å². The zero-order valence-electron chi connectivity index (χ0n) is 10.1. The van der Waals surface area contributed by atoms with Crippen LogP contribution < -0.4 is 5.73 Å². The molecular weight excluding hydrogens is 212 g/mol. The summed E-state index contributed by atoms with van der Waals surface area (Å²) in [5, 5.41) is 0. The Hall–Kier alpha value is -1.77. The number of nitrogen functional groups attached to an aromatic ring is 1. The second kappa shape index (κ2) is 4.62. The van der Waals surface area contributed by atoms with Crippen LogP contribution >= 0.6 is 0 Å². The summed E-state index contributed by atoms with van der Waals surface area (Å²) in [5.41, 5.74) is 8.07. The fourth-order valence-corrected chi connectivity index (χ4v) is 2.00. The average molecular weight is 230 g/mol. The smallest absolute Gasteiger partial charge is 0.254 e. The molecule has 0 atom stereocenters. The van der Waals surface area contributed by atoms with Gasteiger partial charge in [0.2, 0.25) is 0 Å². The minimum absolute atomic E-state index is 0.0879. The monoisotopic (exact) mass is 230 g/mol. The first-order chi connectivity index (χ1) is 8.13. The third-order valence-corrected chi connectivity index (χ3v) is 3.06. The van der Waals surface area contributed by atoms with Crippen LogP contribution in [0.1, 0.15) is 28.8 Å². The standard InChI is InChI=1S/C14H18N2O/c1-3-8-16(12-5-6-12)14(17)13-7-4-11(15)9-10(13)2/h3-4,7,9,12H,1,5-6,8,15H2,2H3. The molecule has 2 N–H and O–H groups in total. The number of benzene rings is 1. The molecule has 1 fully saturated rings. The third-order valence-electron chi connectivity index (χ3n) is 3.06. The van der Waals surface area contributed by atoms with Gasteiger partial charge in [-0.25, -0.2) is 0 Å². The number of nitrogens with two attached hydrogens (primary N) is 1. The van der Waals surface area contributed by atoms with Crippen molar-refractivity contribution in [1.29, 1.82) is 0 Å². The molecule has 2 rings (SSSR count). The number of carbonyl (C=O) groups is 1. The number of anilines is 1. The van der Waals surface area contributed by atoms with Crippen molar-refractivity contribution in [2.75, 3.05) is 12.3 Å². The number of carbonyl (C=O) groups excluding carboxylic acids is 1. The Morgan fingerprint density at radius 1 is 1.59 bits per heavy atom. The minimum Gasteiger partial charge on any atom is -0.399 e. The van der Waals surface area contributed by atoms with E-state index in [4.69, 9.17) is 5.73 Å². The molecule has 0 unspecified atom stereocenters. The van der Waals surface area contributed by atoms with Gasteiger partial charge in [-0.2, -0.15) is 0 Å². The lowest BCUT2D eigenvalue weighted by molar-refractivity contribution is 0.0762. The summed E-state index contributed by atoms with van der Waals surface area (Å²) in [6.45, 7) is 6.25. The van der Waals surface area contributed by atoms with Crippen LogP contribution in [0.15, 0.2) is 30.9 Å². The lowest BCUT2D eigenvalue weighted by Crippen LogP contribution is -2.33. The maximum Gasteiger partial charge on any atom is 0.254 e. The molecule has 1 saturated carbocycles. The van der Waals surface area contributed by atoms with Gasteiger partial charge in [0, 0.05) is 23.8 Å². The van der Waals surface area contributed by atoms with E-state index in [1.54, 1.807) is 12.1 Å². The Bertz CT molecular complexity index is 450. The van der Waals surface area contributed by atoms with Crippen LogP contribution in [0.25, 0.3) is 0 Å². The van der Waals surface area contributed by atoms with Crippen molar-refractivity contribution < 1.29 is 4.79 Å². The van der Waals surface area contributed by atoms with Crippen molar-refractivity contribution >= 4 is 11.6 Å². The van der Waals surface area contributed by atoms with Crippen molar-refractivity contribution in [3.05, 3.63) is 42.0 Å². The van der Waals surface area contributed by atoms with E-state index in [2.05, 4.69) is 6.58 Å². The van der Waals surface area contributed by atoms with Gasteiger partial charge in [-0.1, -0.05) is 6.08 Å². The molecule has 1 aromatic rings. The van der Waals surface area contributed by atoms with Gasteiger partial charge in [0.05, 0.1) is 0 Å². The first-order valence-corrected chi connectivity index (χ1v) is 5.91. The van der Waals surface area contributed by atoms with E-state index in [1.807, 2.05) is 24.0 Å². The Kier molecular flexibility index (Phi) is 3.18. The maximum absolute atomic E-state index is 12.4. The molecule has 17 heavy (non-hydrogen) atoms. The van der Waals surface area contributed by atoms with E-state index in [1.165, 1.54) is 0 Å². The quantitative estimate of drug-likeness (QED) is 0.637. The predicted octanol–water partition coefficient (Wildman–Crippen LogP) is 2.37. The molecule has 1 aliphatic carbocycles. The van der Waals surface area contributed by atoms with Crippen LogP contribution in [0.3, 0.4) is 0 Å². The molecule has 90 valence electrons. The molecule has 0 spiro atoms. The summed E-state index contributed by atoms with van der Waals surface area (Å²) in [7, 11) is 0. The highest BCUT2D eigenvalue weighted by Gasteiger charge is 2.32. The lowest BCUT2D eigenvalue weighted by atomic mass is 10.1. The second-order valence-corrected chi connectivity index (χ2v) is 4.55. The first-order valence-electron chi connectivity index (χ1n) is 5.91. The molecule has 0 heterocycles. The lowest BCUT2D eigenvalue weighted by Gasteiger charge is -2.21. The van der Waals surface area contributed by atoms with Crippen molar-refractivity contribution in [2.45, 2.75) is 25.8 Å². The largest absolute Gasteiger partial charge is 0.399 e. The number of nitrogens with zero attached hydrogens (tertiary/aromatic N) is 1. The SMILES string of the molecule is C=CCN(C(=O)c1ccc(N)cc1C)C1CC1. The van der Waals surface area contributed by atoms with Crippen LogP contribution in [-0.4, -0.2) is 23.4 Å². The molecule has 3 nitrogen and oxygen atoms in total. The molecule has 0 aromatic heterocycles. The Labute approximate surface area is 102 Å². The highest BCUT2D eigenvalue weighted by atomic mass is 16.2. The van der Waals surface area contributed by atoms with Crippen LogP contribution in [-0.2, 0) is 0 Å². The van der Waals surface area contributed by atoms with Crippen LogP contribution in [0, 0.1) is 6.92 Å². The molecule has 0 radical (unpaired) electrons. The number of hydrogen-bond donors (Lipinski definition) is 1. The van der Waals surface area contributed by atoms with Gasteiger partial charge in [0.1, 0.15) is 0 Å². The third kappa shape index (κ3) is 2.49. The highest BCUT2D eigenvalue weighted by molar-refractivity contribution is 5.96. The molecule has 0 saturated heterocycles. The summed E-state index contributed by atoms with van der Waals surface area (Å²) in [5.74, 6) is 0.0879. The van der Waals surface area contributed by atoms with E-state index in [9.17, 15) is 4.79 Å². The second-order valence-electron chi connectivity index (χ2n) is 4.55. The zero-order valence-corrected chi connectivity index (χ0v) is 10.1. The van der Waals surface area contributed by atoms with Crippen molar-refractivity contribution in [3.63, 3.8) is 0 Å². The van der Waals surface area contributed by atoms with Gasteiger partial charge in [0.15, 0.2) is 0 Å². The molecule has 3 heteroatoms. The molecule has 1 aromatic carbocycles. The minimum atomic E-state index is 0.0879. The Balaban J connectivity index is 2.24. The van der Waals surface area contributed by atoms with Gasteiger partial charge in [-0.15, -0.1) is 6.58 Å². The summed E-state index contributed by atoms with van der Waals surface area (Å²) in [6, 6.07) is 5.83. The summed E-state index contributed by atoms with van der Waals surface area (Å²) in [4.78, 5) is 14.3. The maximum atomic E-state index is 12.4. The van der Waals surface area contributed by atoms with Crippen molar-refractivity contribution in [1.82, 2.24) is 4.90 Å². The Morgan fingerprint density at radius 2 is 2.29 bits per heavy atom. The van der Waals surface area contributed by atoms with Crippen LogP contribution in [0.2, 0.25) is 0 Å². The molecule has 1 amide bonds. The summed E-state index contributed by atoms with van der Waals surface area (Å²) >= 11 is 0. The zero-order chi connectivity index (χ0) is 12.4. The topological polar surface area (TPSA) is 46.3 Å². The molecular formula is C14H18N2O. The summed E-state index contributed by atoms with van der Waals surface area (Å²) < 4.78 is 0. The van der Waals surface area contributed by atoms with E-state index >= 15 is 0 Å². The Morgan fingerprint density at radius 3 is 2.82 bits per heavy atom. The normalized spacial score (nSPS) is 14.4. The van der Waals surface area contributed by atoms with Crippen LogP contribution in [0.5, 0.6) is 0 Å². The van der Waals surface area contributed by atoms with Gasteiger partial charge >= 0.3 is 0 Å². The fraction of sp³-hybridized carbons (Fsp3) is 0.357. The molecule has 1 aliphatic rings. The van der Waals surface area contributed by atoms with E-state index in [-0.39, 0.29) is 5.91 Å². The predicted molar refractivity (Wildman–Crippen MR) is 69.8 cm³/mol. The summed E-state index contributed by atoms with van der Waals surface area (Å²) in [6.07, 6.45) is 3.99. The van der Waals surface area contributed by atoms with Gasteiger partial charge < -0.3 is 10.6 Å². The number of aryl methyl sites for hydroxylation is 1. The van der Waals surface area contributed by atoms with Crippen molar-refractivity contribution in [3.8, 4) is 0 Å². The molecule has 0 aliphatic heterocycles. The number of hydrogen-bond acceptors (Lipinski definition) is 2. The first kappa shape index (κ1) is 11.7. The fourth-order valence-electron chi connectivity index (χ4n) is 2.00. The van der Waals surface area contributed by atoms with E-state index < -0.39 is 0 Å². The number of amides is 1. The van der Waals surface area contributed by atoms with E-state index in [0.717, 1.165) is 24.0 Å². The average Bonchev–Trinajstić information content (AvgIpc) is 3.09. The molecule has 0 bridgehead atoms. The van der Waals surface area contributed by atoms with Gasteiger partial charge in [0.25, 0.3) is 5.91 Å². The van der Waals surface area contributed by atoms with Crippen LogP contribution in [0.4, 0.5) is 5.69 Å². The highest BCUT2D eigenvalue weighted by Crippen LogP contribution is 2.28. The number of rotatable bonds is 4. The van der Waals surface area contributed by atoms with E-state index in [0.29, 0.717) is 18.3 Å². The van der Waals surface area contributed by atoms with Crippen molar-refractivity contribution in [2.24, 2.45) is 0 Å². The van der Waals surface area contributed by atoms with Gasteiger partial charge in [-0.3, -0.25) is 4.79 Å².